The predicted octanol–water partition coefficient (Wildman–Crippen LogP) is 4.57. The maximum Gasteiger partial charge on any atom is 0.219 e. The molecule has 1 aliphatic rings. The Morgan fingerprint density at radius 1 is 1.19 bits per heavy atom. The van der Waals surface area contributed by atoms with E-state index in [0.29, 0.717) is 29.2 Å². The van der Waals surface area contributed by atoms with Gasteiger partial charge >= 0.3 is 0 Å². The van der Waals surface area contributed by atoms with E-state index in [4.69, 9.17) is 27.9 Å². The number of aromatic nitrogens is 1. The van der Waals surface area contributed by atoms with Gasteiger partial charge in [-0.3, -0.25) is 0 Å². The lowest BCUT2D eigenvalue weighted by Crippen LogP contribution is -2.16. The molecule has 110 valence electrons. The molecule has 0 aliphatic heterocycles. The minimum Gasteiger partial charge on any atom is -0.439 e. The fraction of sp³-hybridized carbons (Fsp3) is 0.267. The minimum absolute atomic E-state index is 0.0112. The van der Waals surface area contributed by atoms with Crippen LogP contribution >= 0.6 is 23.2 Å². The Balaban J connectivity index is 1.74. The fourth-order valence-electron chi connectivity index (χ4n) is 1.83. The summed E-state index contributed by atoms with van der Waals surface area (Å²) in [6.45, 7) is 0.602. The van der Waals surface area contributed by atoms with Crippen LogP contribution in [0.3, 0.4) is 0 Å². The summed E-state index contributed by atoms with van der Waals surface area (Å²) in [4.78, 5) is 4.37. The number of hydrogen-bond acceptors (Lipinski definition) is 3. The first-order valence-electron chi connectivity index (χ1n) is 6.63. The second-order valence-corrected chi connectivity index (χ2v) is 5.73. The molecule has 0 unspecified atom stereocenters. The highest BCUT2D eigenvalue weighted by Crippen LogP contribution is 2.27. The number of nitrogens with zero attached hydrogens (tertiary/aromatic N) is 1. The summed E-state index contributed by atoms with van der Waals surface area (Å²) in [6.07, 6.45) is 2.39. The van der Waals surface area contributed by atoms with Crippen molar-refractivity contribution < 1.29 is 9.13 Å². The van der Waals surface area contributed by atoms with Crippen molar-refractivity contribution in [1.29, 1.82) is 0 Å². The molecular weight excluding hydrogens is 314 g/mol. The molecule has 1 saturated carbocycles. The Kier molecular flexibility index (Phi) is 4.29. The molecule has 0 radical (unpaired) electrons. The standard InChI is InChI=1S/C15H13Cl2FN2O/c16-11-4-6-15(20-14(11)8-19-9-1-2-9)21-10-3-5-13(18)12(17)7-10/h3-7,9,19H,1-2,8H2. The molecule has 0 saturated heterocycles. The highest BCUT2D eigenvalue weighted by molar-refractivity contribution is 6.31. The van der Waals surface area contributed by atoms with Gasteiger partial charge in [0, 0.05) is 24.7 Å². The fourth-order valence-corrected chi connectivity index (χ4v) is 2.18. The zero-order valence-electron chi connectivity index (χ0n) is 11.1. The summed E-state index contributed by atoms with van der Waals surface area (Å²) in [6, 6.07) is 8.14. The highest BCUT2D eigenvalue weighted by atomic mass is 35.5. The quantitative estimate of drug-likeness (QED) is 0.873. The normalized spacial score (nSPS) is 14.2. The van der Waals surface area contributed by atoms with E-state index in [9.17, 15) is 4.39 Å². The number of ether oxygens (including phenoxy) is 1. The molecule has 1 N–H and O–H groups in total. The molecule has 1 aliphatic carbocycles. The van der Waals surface area contributed by atoms with E-state index in [1.54, 1.807) is 12.1 Å². The van der Waals surface area contributed by atoms with E-state index < -0.39 is 5.82 Å². The van der Waals surface area contributed by atoms with Gasteiger partial charge in [-0.2, -0.15) is 0 Å². The van der Waals surface area contributed by atoms with Crippen molar-refractivity contribution in [3.63, 3.8) is 0 Å². The molecule has 1 aromatic heterocycles. The Labute approximate surface area is 132 Å². The molecule has 0 spiro atoms. The van der Waals surface area contributed by atoms with Crippen LogP contribution in [0, 0.1) is 5.82 Å². The Bertz CT molecular complexity index is 662. The van der Waals surface area contributed by atoms with E-state index >= 15 is 0 Å². The first kappa shape index (κ1) is 14.6. The molecule has 0 atom stereocenters. The summed E-state index contributed by atoms with van der Waals surface area (Å²) < 4.78 is 18.7. The van der Waals surface area contributed by atoms with Gasteiger partial charge in [0.05, 0.1) is 15.7 Å². The van der Waals surface area contributed by atoms with Crippen molar-refractivity contribution in [2.24, 2.45) is 0 Å². The van der Waals surface area contributed by atoms with Crippen LogP contribution < -0.4 is 10.1 Å². The first-order chi connectivity index (χ1) is 10.1. The van der Waals surface area contributed by atoms with Crippen LogP contribution in [0.25, 0.3) is 0 Å². The van der Waals surface area contributed by atoms with E-state index in [2.05, 4.69) is 10.3 Å². The van der Waals surface area contributed by atoms with Crippen molar-refractivity contribution in [2.45, 2.75) is 25.4 Å². The average molecular weight is 327 g/mol. The van der Waals surface area contributed by atoms with Gasteiger partial charge in [0.25, 0.3) is 0 Å². The second-order valence-electron chi connectivity index (χ2n) is 4.91. The van der Waals surface area contributed by atoms with Gasteiger partial charge < -0.3 is 10.1 Å². The predicted molar refractivity (Wildman–Crippen MR) is 80.6 cm³/mol. The Morgan fingerprint density at radius 3 is 2.71 bits per heavy atom. The molecule has 0 bridgehead atoms. The maximum absolute atomic E-state index is 13.1. The van der Waals surface area contributed by atoms with Gasteiger partial charge in [-0.05, 0) is 31.0 Å². The molecule has 1 aromatic carbocycles. The maximum atomic E-state index is 13.1. The molecule has 2 aromatic rings. The van der Waals surface area contributed by atoms with E-state index in [0.717, 1.165) is 5.69 Å². The zero-order valence-corrected chi connectivity index (χ0v) is 12.6. The lowest BCUT2D eigenvalue weighted by Gasteiger charge is -2.09. The third-order valence-corrected chi connectivity index (χ3v) is 3.78. The molecule has 0 amide bonds. The zero-order chi connectivity index (χ0) is 14.8. The SMILES string of the molecule is Fc1ccc(Oc2ccc(Cl)c(CNC3CC3)n2)cc1Cl. The van der Waals surface area contributed by atoms with E-state index in [1.807, 2.05) is 0 Å². The Hall–Kier alpha value is -1.36. The third kappa shape index (κ3) is 3.84. The number of nitrogens with one attached hydrogen (secondary N) is 1. The van der Waals surface area contributed by atoms with Gasteiger partial charge in [-0.1, -0.05) is 23.2 Å². The molecule has 1 fully saturated rings. The minimum atomic E-state index is -0.484. The average Bonchev–Trinajstić information content (AvgIpc) is 3.28. The molecule has 3 nitrogen and oxygen atoms in total. The molecule has 3 rings (SSSR count). The summed E-state index contributed by atoms with van der Waals surface area (Å²) in [5, 5.41) is 3.95. The van der Waals surface area contributed by atoms with Gasteiger partial charge in [0.1, 0.15) is 11.6 Å². The Morgan fingerprint density at radius 2 is 2.00 bits per heavy atom. The molecular formula is C15H13Cl2FN2O. The van der Waals surface area contributed by atoms with Crippen LogP contribution in [0.5, 0.6) is 11.6 Å². The number of hydrogen-bond donors (Lipinski definition) is 1. The lowest BCUT2D eigenvalue weighted by atomic mass is 10.3. The number of pyridine rings is 1. The van der Waals surface area contributed by atoms with Crippen molar-refractivity contribution in [3.05, 3.63) is 51.9 Å². The largest absolute Gasteiger partial charge is 0.439 e. The van der Waals surface area contributed by atoms with Crippen LogP contribution in [0.2, 0.25) is 10.0 Å². The smallest absolute Gasteiger partial charge is 0.219 e. The van der Waals surface area contributed by atoms with Crippen LogP contribution in [0.4, 0.5) is 4.39 Å². The number of halogens is 3. The summed E-state index contributed by atoms with van der Waals surface area (Å²) in [7, 11) is 0. The van der Waals surface area contributed by atoms with Crippen LogP contribution in [-0.2, 0) is 6.54 Å². The van der Waals surface area contributed by atoms with Crippen molar-refractivity contribution in [2.75, 3.05) is 0 Å². The monoisotopic (exact) mass is 326 g/mol. The van der Waals surface area contributed by atoms with Gasteiger partial charge in [0.15, 0.2) is 0 Å². The molecule has 21 heavy (non-hydrogen) atoms. The number of benzene rings is 1. The summed E-state index contributed by atoms with van der Waals surface area (Å²) in [5.74, 6) is 0.342. The molecule has 6 heteroatoms. The van der Waals surface area contributed by atoms with Gasteiger partial charge in [-0.15, -0.1) is 0 Å². The van der Waals surface area contributed by atoms with Gasteiger partial charge in [-0.25, -0.2) is 9.37 Å². The number of rotatable bonds is 5. The van der Waals surface area contributed by atoms with E-state index in [-0.39, 0.29) is 5.02 Å². The lowest BCUT2D eigenvalue weighted by molar-refractivity contribution is 0.458. The second kappa shape index (κ2) is 6.18. The first-order valence-corrected chi connectivity index (χ1v) is 7.39. The van der Waals surface area contributed by atoms with Crippen molar-refractivity contribution in [3.8, 4) is 11.6 Å². The molecule has 1 heterocycles. The summed E-state index contributed by atoms with van der Waals surface area (Å²) >= 11 is 11.8. The van der Waals surface area contributed by atoms with Crippen molar-refractivity contribution in [1.82, 2.24) is 10.3 Å². The van der Waals surface area contributed by atoms with Crippen LogP contribution in [-0.4, -0.2) is 11.0 Å². The highest BCUT2D eigenvalue weighted by Gasteiger charge is 2.20. The van der Waals surface area contributed by atoms with Crippen LogP contribution in [0.15, 0.2) is 30.3 Å². The van der Waals surface area contributed by atoms with Gasteiger partial charge in [0.2, 0.25) is 5.88 Å². The van der Waals surface area contributed by atoms with Crippen molar-refractivity contribution >= 4 is 23.2 Å². The summed E-state index contributed by atoms with van der Waals surface area (Å²) in [5.41, 5.74) is 0.731. The van der Waals surface area contributed by atoms with Crippen LogP contribution in [0.1, 0.15) is 18.5 Å². The topological polar surface area (TPSA) is 34.1 Å². The van der Waals surface area contributed by atoms with E-state index in [1.165, 1.54) is 31.0 Å². The third-order valence-electron chi connectivity index (χ3n) is 3.14.